The Bertz CT molecular complexity index is 378. The first-order chi connectivity index (χ1) is 9.16. The fourth-order valence-electron chi connectivity index (χ4n) is 3.61. The molecule has 0 N–H and O–H groups in total. The minimum atomic E-state index is -2.45. The highest BCUT2D eigenvalue weighted by molar-refractivity contribution is 7.66. The minimum absolute atomic E-state index is 0.00579. The lowest BCUT2D eigenvalue weighted by molar-refractivity contribution is -0.139. The van der Waals surface area contributed by atoms with E-state index >= 15 is 0 Å². The first-order valence-corrected chi connectivity index (χ1v) is 9.37. The van der Waals surface area contributed by atoms with Gasteiger partial charge in [0, 0.05) is 11.3 Å². The molecule has 0 aromatic heterocycles. The second-order valence-corrected chi connectivity index (χ2v) is 9.24. The zero-order valence-corrected chi connectivity index (χ0v) is 12.4. The summed E-state index contributed by atoms with van der Waals surface area (Å²) in [5.41, 5.74) is 0.517. The monoisotopic (exact) mass is 282 g/mol. The van der Waals surface area contributed by atoms with Crippen LogP contribution >= 0.6 is 7.14 Å². The van der Waals surface area contributed by atoms with Crippen molar-refractivity contribution in [2.45, 2.75) is 62.7 Å². The summed E-state index contributed by atoms with van der Waals surface area (Å²) < 4.78 is 18.4. The average molecular weight is 282 g/mol. The quantitative estimate of drug-likeness (QED) is 0.441. The standard InChI is InChI=1S/C15H23O3P/c1-2-11-18-15(16)12-19(17,13-7-3-4-8-13)14-9-5-6-10-14/h1,13-14H,3-12H2. The number of carbonyl (C=O) groups is 1. The summed E-state index contributed by atoms with van der Waals surface area (Å²) in [7, 11) is -2.45. The molecule has 3 nitrogen and oxygen atoms in total. The molecule has 2 rings (SSSR count). The van der Waals surface area contributed by atoms with E-state index in [2.05, 4.69) is 5.92 Å². The lowest BCUT2D eigenvalue weighted by atomic mass is 10.4. The summed E-state index contributed by atoms with van der Waals surface area (Å²) in [6, 6.07) is 0. The SMILES string of the molecule is C#CCOC(=O)CP(=O)(C1CCCC1)C1CCCC1. The zero-order valence-electron chi connectivity index (χ0n) is 11.5. The Morgan fingerprint density at radius 3 is 2.00 bits per heavy atom. The van der Waals surface area contributed by atoms with E-state index in [9.17, 15) is 9.36 Å². The normalized spacial score (nSPS) is 21.4. The Morgan fingerprint density at radius 1 is 1.11 bits per heavy atom. The van der Waals surface area contributed by atoms with Gasteiger partial charge in [0.05, 0.1) is 6.16 Å². The molecule has 0 radical (unpaired) electrons. The molecule has 0 spiro atoms. The molecule has 2 fully saturated rings. The van der Waals surface area contributed by atoms with Crippen molar-refractivity contribution in [3.8, 4) is 12.3 Å². The highest BCUT2D eigenvalue weighted by Gasteiger charge is 2.44. The summed E-state index contributed by atoms with van der Waals surface area (Å²) in [5, 5.41) is 0. The van der Waals surface area contributed by atoms with Gasteiger partial charge in [0.2, 0.25) is 0 Å². The molecule has 0 aromatic rings. The lowest BCUT2D eigenvalue weighted by Crippen LogP contribution is -2.22. The molecule has 2 saturated carbocycles. The molecule has 0 aliphatic heterocycles. The van der Waals surface area contributed by atoms with Crippen LogP contribution in [0.2, 0.25) is 0 Å². The van der Waals surface area contributed by atoms with Crippen molar-refractivity contribution >= 4 is 13.1 Å². The molecule has 19 heavy (non-hydrogen) atoms. The van der Waals surface area contributed by atoms with Crippen molar-refractivity contribution in [3.63, 3.8) is 0 Å². The summed E-state index contributed by atoms with van der Waals surface area (Å²) in [6.07, 6.45) is 13.9. The number of rotatable bonds is 5. The summed E-state index contributed by atoms with van der Waals surface area (Å²) in [5.74, 6) is 1.93. The van der Waals surface area contributed by atoms with Crippen LogP contribution in [0.25, 0.3) is 0 Å². The number of hydrogen-bond acceptors (Lipinski definition) is 3. The van der Waals surface area contributed by atoms with E-state index in [0.717, 1.165) is 51.4 Å². The van der Waals surface area contributed by atoms with Crippen LogP contribution in [0.5, 0.6) is 0 Å². The third kappa shape index (κ3) is 3.42. The topological polar surface area (TPSA) is 43.4 Å². The Balaban J connectivity index is 2.07. The van der Waals surface area contributed by atoms with Gasteiger partial charge in [-0.1, -0.05) is 31.6 Å². The fourth-order valence-corrected chi connectivity index (χ4v) is 7.69. The van der Waals surface area contributed by atoms with Crippen LogP contribution in [0.15, 0.2) is 0 Å². The molecule has 0 unspecified atom stereocenters. The maximum absolute atomic E-state index is 13.4. The predicted octanol–water partition coefficient (Wildman–Crippen LogP) is 3.41. The molecule has 4 heteroatoms. The molecule has 0 bridgehead atoms. The van der Waals surface area contributed by atoms with Crippen molar-refractivity contribution in [2.75, 3.05) is 12.8 Å². The number of ether oxygens (including phenoxy) is 1. The number of esters is 1. The largest absolute Gasteiger partial charge is 0.452 e. The van der Waals surface area contributed by atoms with Gasteiger partial charge in [-0.3, -0.25) is 4.79 Å². The Labute approximate surface area is 115 Å². The summed E-state index contributed by atoms with van der Waals surface area (Å²) in [6.45, 7) is -0.00579. The predicted molar refractivity (Wildman–Crippen MR) is 76.8 cm³/mol. The first-order valence-electron chi connectivity index (χ1n) is 7.34. The van der Waals surface area contributed by atoms with E-state index in [4.69, 9.17) is 11.2 Å². The number of carbonyl (C=O) groups excluding carboxylic acids is 1. The van der Waals surface area contributed by atoms with Gasteiger partial charge in [0.25, 0.3) is 0 Å². The zero-order chi connectivity index (χ0) is 13.7. The van der Waals surface area contributed by atoms with Gasteiger partial charge in [-0.25, -0.2) is 0 Å². The second-order valence-electron chi connectivity index (χ2n) is 5.75. The van der Waals surface area contributed by atoms with Crippen LogP contribution in [0, 0.1) is 12.3 Å². The highest BCUT2D eigenvalue weighted by Crippen LogP contribution is 2.63. The van der Waals surface area contributed by atoms with Gasteiger partial charge in [-0.2, -0.15) is 0 Å². The van der Waals surface area contributed by atoms with Gasteiger partial charge in [0.15, 0.2) is 6.61 Å². The van der Waals surface area contributed by atoms with Crippen LogP contribution in [0.3, 0.4) is 0 Å². The number of hydrogen-bond donors (Lipinski definition) is 0. The molecule has 2 aliphatic rings. The van der Waals surface area contributed by atoms with Gasteiger partial charge in [0.1, 0.15) is 7.14 Å². The molecule has 0 atom stereocenters. The van der Waals surface area contributed by atoms with Crippen molar-refractivity contribution in [3.05, 3.63) is 0 Å². The van der Waals surface area contributed by atoms with E-state index in [0.29, 0.717) is 0 Å². The van der Waals surface area contributed by atoms with E-state index in [-0.39, 0.29) is 30.1 Å². The molecule has 0 heterocycles. The second kappa shape index (κ2) is 6.62. The molecule has 0 amide bonds. The smallest absolute Gasteiger partial charge is 0.314 e. The van der Waals surface area contributed by atoms with Crippen molar-refractivity contribution in [1.29, 1.82) is 0 Å². The average Bonchev–Trinajstić information content (AvgIpc) is 3.07. The molecule has 0 aromatic carbocycles. The van der Waals surface area contributed by atoms with Crippen LogP contribution < -0.4 is 0 Å². The third-order valence-electron chi connectivity index (χ3n) is 4.58. The Kier molecular flexibility index (Phi) is 5.11. The molecular formula is C15H23O3P. The maximum Gasteiger partial charge on any atom is 0.314 e. The summed E-state index contributed by atoms with van der Waals surface area (Å²) >= 11 is 0. The first kappa shape index (κ1) is 14.7. The van der Waals surface area contributed by atoms with Crippen molar-refractivity contribution < 1.29 is 14.1 Å². The van der Waals surface area contributed by atoms with Crippen LogP contribution in [-0.2, 0) is 14.1 Å². The van der Waals surface area contributed by atoms with Crippen molar-refractivity contribution in [1.82, 2.24) is 0 Å². The van der Waals surface area contributed by atoms with Gasteiger partial charge < -0.3 is 9.30 Å². The Hall–Kier alpha value is -0.740. The van der Waals surface area contributed by atoms with Crippen LogP contribution in [0.1, 0.15) is 51.4 Å². The molecular weight excluding hydrogens is 259 g/mol. The lowest BCUT2D eigenvalue weighted by Gasteiger charge is -2.29. The van der Waals surface area contributed by atoms with E-state index in [1.165, 1.54) is 0 Å². The van der Waals surface area contributed by atoms with E-state index in [1.807, 2.05) is 0 Å². The van der Waals surface area contributed by atoms with Crippen LogP contribution in [0.4, 0.5) is 0 Å². The fraction of sp³-hybridized carbons (Fsp3) is 0.800. The van der Waals surface area contributed by atoms with E-state index < -0.39 is 7.14 Å². The third-order valence-corrected chi connectivity index (χ3v) is 8.84. The highest BCUT2D eigenvalue weighted by atomic mass is 31.2. The molecule has 2 aliphatic carbocycles. The maximum atomic E-state index is 13.4. The molecule has 106 valence electrons. The summed E-state index contributed by atoms with van der Waals surface area (Å²) in [4.78, 5) is 11.8. The minimum Gasteiger partial charge on any atom is -0.452 e. The van der Waals surface area contributed by atoms with E-state index in [1.54, 1.807) is 0 Å². The van der Waals surface area contributed by atoms with Gasteiger partial charge in [-0.05, 0) is 25.7 Å². The van der Waals surface area contributed by atoms with Crippen molar-refractivity contribution in [2.24, 2.45) is 0 Å². The van der Waals surface area contributed by atoms with Crippen LogP contribution in [-0.4, -0.2) is 30.1 Å². The molecule has 0 saturated heterocycles. The van der Waals surface area contributed by atoms with Gasteiger partial charge >= 0.3 is 5.97 Å². The number of terminal acetylenes is 1. The van der Waals surface area contributed by atoms with Gasteiger partial charge in [-0.15, -0.1) is 6.42 Å². The Morgan fingerprint density at radius 2 is 1.58 bits per heavy atom.